The molecule has 2 aliphatic rings. The van der Waals surface area contributed by atoms with E-state index in [2.05, 4.69) is 9.88 Å². The van der Waals surface area contributed by atoms with Gasteiger partial charge in [-0.1, -0.05) is 36.4 Å². The molecular weight excluding hydrogens is 427 g/mol. The van der Waals surface area contributed by atoms with Crippen LogP contribution < -0.4 is 0 Å². The number of nitrogens with zero attached hydrogens (tertiary/aromatic N) is 4. The van der Waals surface area contributed by atoms with Crippen LogP contribution in [0.2, 0.25) is 0 Å². The van der Waals surface area contributed by atoms with Gasteiger partial charge in [-0.25, -0.2) is 9.37 Å². The van der Waals surface area contributed by atoms with E-state index in [0.29, 0.717) is 42.3 Å². The van der Waals surface area contributed by atoms with Gasteiger partial charge in [0, 0.05) is 68.0 Å². The Morgan fingerprint density at radius 2 is 1.69 bits per heavy atom. The fraction of sp³-hybridized carbons (Fsp3) is 0.292. The van der Waals surface area contributed by atoms with Crippen LogP contribution in [0.1, 0.15) is 20.2 Å². The number of piperazine rings is 1. The molecule has 2 fully saturated rings. The zero-order valence-electron chi connectivity index (χ0n) is 17.5. The Labute approximate surface area is 189 Å². The first-order valence-corrected chi connectivity index (χ1v) is 11.5. The van der Waals surface area contributed by atoms with E-state index < -0.39 is 0 Å². The average Bonchev–Trinajstić information content (AvgIpc) is 3.33. The number of amides is 2. The average molecular weight is 451 g/mol. The number of halogens is 1. The Morgan fingerprint density at radius 1 is 0.938 bits per heavy atom. The lowest BCUT2D eigenvalue weighted by Gasteiger charge is -2.48. The summed E-state index contributed by atoms with van der Waals surface area (Å²) in [6, 6.07) is 14.3. The Kier molecular flexibility index (Phi) is 5.71. The minimum atomic E-state index is -0.389. The van der Waals surface area contributed by atoms with Crippen LogP contribution >= 0.6 is 11.3 Å². The number of carbonyl (C=O) groups excluding carboxylic acids is 2. The highest BCUT2D eigenvalue weighted by atomic mass is 32.1. The van der Waals surface area contributed by atoms with E-state index in [1.54, 1.807) is 23.2 Å². The fourth-order valence-electron chi connectivity index (χ4n) is 4.29. The molecule has 0 spiro atoms. The summed E-state index contributed by atoms with van der Waals surface area (Å²) in [5.74, 6) is -0.538. The van der Waals surface area contributed by atoms with Crippen molar-refractivity contribution in [3.8, 4) is 11.1 Å². The monoisotopic (exact) mass is 450 g/mol. The summed E-state index contributed by atoms with van der Waals surface area (Å²) < 4.78 is 14.6. The van der Waals surface area contributed by atoms with Crippen LogP contribution in [0.4, 0.5) is 4.39 Å². The van der Waals surface area contributed by atoms with Crippen molar-refractivity contribution in [3.05, 3.63) is 76.5 Å². The van der Waals surface area contributed by atoms with Gasteiger partial charge >= 0.3 is 0 Å². The van der Waals surface area contributed by atoms with Crippen molar-refractivity contribution in [2.24, 2.45) is 0 Å². The molecule has 0 atom stereocenters. The normalized spacial score (nSPS) is 17.3. The van der Waals surface area contributed by atoms with E-state index in [1.165, 1.54) is 17.4 Å². The van der Waals surface area contributed by atoms with E-state index in [0.717, 1.165) is 18.7 Å². The number of carbonyl (C=O) groups is 2. The van der Waals surface area contributed by atoms with Crippen molar-refractivity contribution < 1.29 is 14.0 Å². The summed E-state index contributed by atoms with van der Waals surface area (Å²) in [5, 5.41) is 2.34. The number of rotatable bonds is 4. The molecule has 32 heavy (non-hydrogen) atoms. The third-order valence-electron chi connectivity index (χ3n) is 6.18. The van der Waals surface area contributed by atoms with Gasteiger partial charge in [-0.15, -0.1) is 11.3 Å². The molecule has 8 heteroatoms. The predicted octanol–water partition coefficient (Wildman–Crippen LogP) is 3.23. The SMILES string of the molecule is O=C(c1ccc(-c2ccccc2)c(F)c1)N1CC(N2CCN(C(=O)c3nccs3)CC2)C1. The molecule has 3 aromatic rings. The number of hydrogen-bond donors (Lipinski definition) is 0. The Hall–Kier alpha value is -3.10. The van der Waals surface area contributed by atoms with Crippen LogP contribution in [0.15, 0.2) is 60.1 Å². The molecule has 0 bridgehead atoms. The van der Waals surface area contributed by atoms with Crippen molar-refractivity contribution in [1.82, 2.24) is 19.7 Å². The molecular formula is C24H23FN4O2S. The van der Waals surface area contributed by atoms with Gasteiger partial charge in [0.05, 0.1) is 0 Å². The van der Waals surface area contributed by atoms with Crippen molar-refractivity contribution >= 4 is 23.2 Å². The van der Waals surface area contributed by atoms with Crippen LogP contribution in [0, 0.1) is 5.82 Å². The van der Waals surface area contributed by atoms with Crippen LogP contribution in [-0.4, -0.2) is 76.8 Å². The zero-order valence-corrected chi connectivity index (χ0v) is 18.3. The molecule has 2 aliphatic heterocycles. The summed E-state index contributed by atoms with van der Waals surface area (Å²) >= 11 is 1.36. The van der Waals surface area contributed by atoms with Crippen LogP contribution in [0.5, 0.6) is 0 Å². The summed E-state index contributed by atoms with van der Waals surface area (Å²) in [7, 11) is 0. The number of hydrogen-bond acceptors (Lipinski definition) is 5. The van der Waals surface area contributed by atoms with Gasteiger partial charge in [-0.3, -0.25) is 14.5 Å². The first-order chi connectivity index (χ1) is 15.6. The predicted molar refractivity (Wildman–Crippen MR) is 121 cm³/mol. The Balaban J connectivity index is 1.14. The largest absolute Gasteiger partial charge is 0.335 e. The molecule has 6 nitrogen and oxygen atoms in total. The van der Waals surface area contributed by atoms with E-state index in [4.69, 9.17) is 0 Å². The minimum absolute atomic E-state index is 0.00830. The molecule has 164 valence electrons. The van der Waals surface area contributed by atoms with Gasteiger partial charge in [-0.2, -0.15) is 0 Å². The standard InChI is InChI=1S/C24H23FN4O2S/c25-21-14-18(6-7-20(21)17-4-2-1-3-5-17)23(30)29-15-19(16-29)27-9-11-28(12-10-27)24(31)22-26-8-13-32-22/h1-8,13-14,19H,9-12,15-16H2. The van der Waals surface area contributed by atoms with Gasteiger partial charge < -0.3 is 9.80 Å². The molecule has 0 unspecified atom stereocenters. The molecule has 2 amide bonds. The number of likely N-dealkylation sites (tertiary alicyclic amines) is 1. The molecule has 2 saturated heterocycles. The second-order valence-electron chi connectivity index (χ2n) is 8.09. The molecule has 2 aromatic carbocycles. The van der Waals surface area contributed by atoms with Crippen LogP contribution in [0.25, 0.3) is 11.1 Å². The lowest BCUT2D eigenvalue weighted by atomic mass is 10.0. The van der Waals surface area contributed by atoms with Gasteiger partial charge in [0.2, 0.25) is 0 Å². The maximum atomic E-state index is 14.6. The van der Waals surface area contributed by atoms with Crippen molar-refractivity contribution in [2.75, 3.05) is 39.3 Å². The lowest BCUT2D eigenvalue weighted by molar-refractivity contribution is 0.00851. The summed E-state index contributed by atoms with van der Waals surface area (Å²) in [6.07, 6.45) is 1.65. The molecule has 0 saturated carbocycles. The highest BCUT2D eigenvalue weighted by Gasteiger charge is 2.37. The van der Waals surface area contributed by atoms with E-state index >= 15 is 0 Å². The van der Waals surface area contributed by atoms with E-state index in [1.807, 2.05) is 40.6 Å². The van der Waals surface area contributed by atoms with Gasteiger partial charge in [0.15, 0.2) is 5.01 Å². The quantitative estimate of drug-likeness (QED) is 0.613. The van der Waals surface area contributed by atoms with E-state index in [9.17, 15) is 14.0 Å². The smallest absolute Gasteiger partial charge is 0.282 e. The third-order valence-corrected chi connectivity index (χ3v) is 6.94. The first kappa shape index (κ1) is 20.8. The van der Waals surface area contributed by atoms with E-state index in [-0.39, 0.29) is 23.7 Å². The Bertz CT molecular complexity index is 1110. The number of aromatic nitrogens is 1. The summed E-state index contributed by atoms with van der Waals surface area (Å²) in [5.41, 5.74) is 1.66. The summed E-state index contributed by atoms with van der Waals surface area (Å²) in [6.45, 7) is 4.14. The van der Waals surface area contributed by atoms with Gasteiger partial charge in [-0.05, 0) is 17.7 Å². The maximum absolute atomic E-state index is 14.6. The maximum Gasteiger partial charge on any atom is 0.282 e. The zero-order chi connectivity index (χ0) is 22.1. The first-order valence-electron chi connectivity index (χ1n) is 10.7. The molecule has 1 aromatic heterocycles. The second kappa shape index (κ2) is 8.80. The lowest BCUT2D eigenvalue weighted by Crippen LogP contribution is -2.64. The molecule has 0 radical (unpaired) electrons. The Morgan fingerprint density at radius 3 is 2.34 bits per heavy atom. The van der Waals surface area contributed by atoms with Crippen molar-refractivity contribution in [1.29, 1.82) is 0 Å². The molecule has 5 rings (SSSR count). The highest BCUT2D eigenvalue weighted by molar-refractivity contribution is 7.11. The van der Waals surface area contributed by atoms with Crippen LogP contribution in [0.3, 0.4) is 0 Å². The van der Waals surface area contributed by atoms with Gasteiger partial charge in [0.1, 0.15) is 5.82 Å². The van der Waals surface area contributed by atoms with Crippen molar-refractivity contribution in [3.63, 3.8) is 0 Å². The van der Waals surface area contributed by atoms with Crippen molar-refractivity contribution in [2.45, 2.75) is 6.04 Å². The second-order valence-corrected chi connectivity index (χ2v) is 8.98. The molecule has 3 heterocycles. The minimum Gasteiger partial charge on any atom is -0.335 e. The topological polar surface area (TPSA) is 56.8 Å². The summed E-state index contributed by atoms with van der Waals surface area (Å²) in [4.78, 5) is 35.3. The molecule has 0 N–H and O–H groups in total. The number of thiazole rings is 1. The molecule has 0 aliphatic carbocycles. The fourth-order valence-corrected chi connectivity index (χ4v) is 4.89. The van der Waals surface area contributed by atoms with Crippen LogP contribution in [-0.2, 0) is 0 Å². The number of benzene rings is 2. The highest BCUT2D eigenvalue weighted by Crippen LogP contribution is 2.25. The third kappa shape index (κ3) is 4.03. The van der Waals surface area contributed by atoms with Gasteiger partial charge in [0.25, 0.3) is 11.8 Å².